The second-order valence-corrected chi connectivity index (χ2v) is 12.7. The fraction of sp³-hybridized carbons (Fsp3) is 0. The van der Waals surface area contributed by atoms with E-state index in [4.69, 9.17) is 9.47 Å². The molecule has 0 aliphatic rings. The van der Waals surface area contributed by atoms with E-state index in [0.29, 0.717) is 17.7 Å². The monoisotopic (exact) mass is 647 g/mol. The van der Waals surface area contributed by atoms with Gasteiger partial charge in [0.25, 0.3) is 0 Å². The summed E-state index contributed by atoms with van der Waals surface area (Å²) >= 11 is 3.35. The van der Waals surface area contributed by atoms with E-state index in [0.717, 1.165) is 52.9 Å². The van der Waals surface area contributed by atoms with E-state index in [2.05, 4.69) is 73.0 Å². The van der Waals surface area contributed by atoms with Gasteiger partial charge in [0, 0.05) is 67.3 Å². The summed E-state index contributed by atoms with van der Waals surface area (Å²) in [5.74, 6) is 3.21. The number of benzene rings is 4. The molecule has 8 aromatic rings. The molecule has 0 saturated heterocycles. The predicted molar refractivity (Wildman–Crippen MR) is 186 cm³/mol. The highest BCUT2D eigenvalue weighted by Crippen LogP contribution is 2.39. The molecule has 47 heavy (non-hydrogen) atoms. The zero-order valence-corrected chi connectivity index (χ0v) is 26.4. The first-order valence-corrected chi connectivity index (χ1v) is 16.5. The Bertz CT molecular complexity index is 2170. The van der Waals surface area contributed by atoms with Crippen molar-refractivity contribution in [1.82, 2.24) is 24.5 Å². The molecule has 0 radical (unpaired) electrons. The van der Waals surface area contributed by atoms with Gasteiger partial charge < -0.3 is 9.47 Å². The van der Waals surface area contributed by atoms with Crippen LogP contribution in [0.2, 0.25) is 0 Å². The van der Waals surface area contributed by atoms with Gasteiger partial charge in [0.2, 0.25) is 17.7 Å². The predicted octanol–water partition coefficient (Wildman–Crippen LogP) is 10.3. The Hall–Kier alpha value is -5.64. The molecule has 0 bridgehead atoms. The average Bonchev–Trinajstić information content (AvgIpc) is 3.42. The molecule has 0 unspecified atom stereocenters. The summed E-state index contributed by atoms with van der Waals surface area (Å²) in [7, 11) is 0. The van der Waals surface area contributed by atoms with Crippen molar-refractivity contribution in [3.05, 3.63) is 152 Å². The van der Waals surface area contributed by atoms with Crippen molar-refractivity contribution in [3.63, 3.8) is 0 Å². The summed E-state index contributed by atoms with van der Waals surface area (Å²) in [4.78, 5) is 22.1. The van der Waals surface area contributed by atoms with Gasteiger partial charge in [-0.05, 0) is 78.9 Å². The Kier molecular flexibility index (Phi) is 7.97. The fourth-order valence-corrected chi connectivity index (χ4v) is 7.06. The zero-order valence-electron chi connectivity index (χ0n) is 24.8. The number of ether oxygens (including phenoxy) is 2. The summed E-state index contributed by atoms with van der Waals surface area (Å²) in [6.45, 7) is 0. The summed E-state index contributed by atoms with van der Waals surface area (Å²) in [6.07, 6.45) is 6.99. The summed E-state index contributed by atoms with van der Waals surface area (Å²) < 4.78 is 14.1. The van der Waals surface area contributed by atoms with E-state index >= 15 is 0 Å². The molecule has 0 atom stereocenters. The fourth-order valence-electron chi connectivity index (χ4n) is 5.26. The minimum absolute atomic E-state index is 0.562. The van der Waals surface area contributed by atoms with Crippen molar-refractivity contribution in [1.29, 1.82) is 0 Å². The van der Waals surface area contributed by atoms with Crippen LogP contribution in [-0.2, 0) is 0 Å². The molecule has 0 aliphatic carbocycles. The lowest BCUT2D eigenvalue weighted by Gasteiger charge is -2.09. The van der Waals surface area contributed by atoms with Crippen LogP contribution in [0.25, 0.3) is 27.8 Å². The van der Waals surface area contributed by atoms with Crippen molar-refractivity contribution in [2.45, 2.75) is 19.6 Å². The molecule has 0 amide bonds. The maximum absolute atomic E-state index is 5.97. The third-order valence-electron chi connectivity index (χ3n) is 7.27. The van der Waals surface area contributed by atoms with Gasteiger partial charge >= 0.3 is 0 Å². The highest BCUT2D eigenvalue weighted by Gasteiger charge is 2.16. The van der Waals surface area contributed by atoms with Gasteiger partial charge in [0.1, 0.15) is 11.5 Å². The van der Waals surface area contributed by atoms with Gasteiger partial charge in [-0.1, -0.05) is 59.9 Å². The third-order valence-corrected chi connectivity index (χ3v) is 9.22. The van der Waals surface area contributed by atoms with Crippen molar-refractivity contribution >= 4 is 45.3 Å². The van der Waals surface area contributed by atoms with Crippen molar-refractivity contribution in [2.24, 2.45) is 0 Å². The zero-order chi connectivity index (χ0) is 31.4. The first-order valence-electron chi connectivity index (χ1n) is 14.8. The lowest BCUT2D eigenvalue weighted by atomic mass is 10.1. The highest BCUT2D eigenvalue weighted by atomic mass is 32.2. The minimum atomic E-state index is 0.562. The molecule has 4 aromatic heterocycles. The normalized spacial score (nSPS) is 11.1. The average molecular weight is 648 g/mol. The molecular formula is C38H25N5O2S2. The summed E-state index contributed by atoms with van der Waals surface area (Å²) in [5, 5.41) is 2.26. The largest absolute Gasteiger partial charge is 0.439 e. The molecule has 0 saturated carbocycles. The Balaban J connectivity index is 1.13. The van der Waals surface area contributed by atoms with Crippen molar-refractivity contribution < 1.29 is 9.47 Å². The third kappa shape index (κ3) is 6.40. The standard InChI is InChI=1S/C38H25N5O2S2/c1-3-18-39-36(12-1)44-26-8-5-10-28(22-26)46-30-14-16-32-33-17-15-31(25-35(33)43(34(32)24-30)38-41-20-7-21-42-38)47-29-11-6-9-27(23-29)45-37-13-2-4-19-40-37/h1-25H. The van der Waals surface area contributed by atoms with Crippen LogP contribution in [0.3, 0.4) is 0 Å². The van der Waals surface area contributed by atoms with Crippen molar-refractivity contribution in [3.8, 4) is 29.2 Å². The number of hydrogen-bond donors (Lipinski definition) is 0. The molecule has 0 fully saturated rings. The van der Waals surface area contributed by atoms with E-state index in [1.807, 2.05) is 78.9 Å². The maximum Gasteiger partial charge on any atom is 0.234 e. The quantitative estimate of drug-likeness (QED) is 0.153. The van der Waals surface area contributed by atoms with Crippen LogP contribution in [0.5, 0.6) is 23.3 Å². The Morgan fingerprint density at radius 3 is 1.40 bits per heavy atom. The molecule has 226 valence electrons. The molecule has 0 N–H and O–H groups in total. The van der Waals surface area contributed by atoms with Gasteiger partial charge in [0.05, 0.1) is 11.0 Å². The first kappa shape index (κ1) is 28.8. The lowest BCUT2D eigenvalue weighted by molar-refractivity contribution is 0.461. The van der Waals surface area contributed by atoms with E-state index in [-0.39, 0.29) is 0 Å². The number of pyridine rings is 2. The maximum atomic E-state index is 5.97. The van der Waals surface area contributed by atoms with E-state index in [1.165, 1.54) is 0 Å². The van der Waals surface area contributed by atoms with E-state index in [1.54, 1.807) is 48.3 Å². The van der Waals surface area contributed by atoms with Crippen LogP contribution < -0.4 is 9.47 Å². The van der Waals surface area contributed by atoms with Crippen LogP contribution in [-0.4, -0.2) is 24.5 Å². The van der Waals surface area contributed by atoms with Gasteiger partial charge in [-0.2, -0.15) is 0 Å². The smallest absolute Gasteiger partial charge is 0.234 e. The van der Waals surface area contributed by atoms with Crippen LogP contribution in [0.1, 0.15) is 0 Å². The molecule has 4 aromatic carbocycles. The number of fused-ring (bicyclic) bond motifs is 3. The minimum Gasteiger partial charge on any atom is -0.439 e. The Morgan fingerprint density at radius 1 is 0.426 bits per heavy atom. The van der Waals surface area contributed by atoms with E-state index < -0.39 is 0 Å². The highest BCUT2D eigenvalue weighted by molar-refractivity contribution is 7.99. The SMILES string of the molecule is c1ccc(Oc2cccc(Sc3ccc4c5ccc(Sc6cccc(Oc7ccccn7)c6)cc5n(-c5ncccn5)c4c3)c2)nc1. The molecule has 8 rings (SSSR count). The molecule has 7 nitrogen and oxygen atoms in total. The number of rotatable bonds is 9. The first-order chi connectivity index (χ1) is 23.2. The topological polar surface area (TPSA) is 75.0 Å². The number of hydrogen-bond acceptors (Lipinski definition) is 8. The summed E-state index contributed by atoms with van der Waals surface area (Å²) in [5.41, 5.74) is 2.06. The molecule has 9 heteroatoms. The van der Waals surface area contributed by atoms with Crippen molar-refractivity contribution in [2.75, 3.05) is 0 Å². The molecule has 0 spiro atoms. The Labute approximate surface area is 279 Å². The van der Waals surface area contributed by atoms with Gasteiger partial charge in [0.15, 0.2) is 0 Å². The van der Waals surface area contributed by atoms with Gasteiger partial charge in [-0.25, -0.2) is 19.9 Å². The van der Waals surface area contributed by atoms with Crippen LogP contribution in [0.4, 0.5) is 0 Å². The van der Waals surface area contributed by atoms with Gasteiger partial charge in [-0.15, -0.1) is 0 Å². The second-order valence-electron chi connectivity index (χ2n) is 10.4. The van der Waals surface area contributed by atoms with Crippen LogP contribution in [0, 0.1) is 0 Å². The second kappa shape index (κ2) is 13.0. The molecule has 4 heterocycles. The molecule has 0 aliphatic heterocycles. The van der Waals surface area contributed by atoms with Crippen LogP contribution in [0.15, 0.2) is 172 Å². The van der Waals surface area contributed by atoms with Crippen LogP contribution >= 0.6 is 23.5 Å². The van der Waals surface area contributed by atoms with E-state index in [9.17, 15) is 0 Å². The Morgan fingerprint density at radius 2 is 0.915 bits per heavy atom. The number of nitrogens with zero attached hydrogens (tertiary/aromatic N) is 5. The number of aromatic nitrogens is 5. The van der Waals surface area contributed by atoms with Gasteiger partial charge in [-0.3, -0.25) is 4.57 Å². The molecular weight excluding hydrogens is 623 g/mol. The lowest BCUT2D eigenvalue weighted by Crippen LogP contribution is -1.99. The summed E-state index contributed by atoms with van der Waals surface area (Å²) in [6, 6.07) is 42.2.